The summed E-state index contributed by atoms with van der Waals surface area (Å²) in [4.78, 5) is 7.78. The molecule has 0 bridgehead atoms. The monoisotopic (exact) mass is 220 g/mol. The smallest absolute Gasteiger partial charge is 0.373 e. The molecule has 2 N–H and O–H groups in total. The number of anilines is 2. The van der Waals surface area contributed by atoms with E-state index in [1.54, 1.807) is 14.0 Å². The maximum Gasteiger partial charge on any atom is 0.405 e. The van der Waals surface area contributed by atoms with Gasteiger partial charge in [0, 0.05) is 13.1 Å². The molecule has 1 heterocycles. The lowest BCUT2D eigenvalue weighted by atomic mass is 10.4. The first-order valence-corrected chi connectivity index (χ1v) is 4.25. The molecule has 0 amide bonds. The molecule has 7 heteroatoms. The number of rotatable bonds is 3. The van der Waals surface area contributed by atoms with Crippen LogP contribution in [0.1, 0.15) is 5.82 Å². The maximum atomic E-state index is 11.9. The number of nitrogens with one attached hydrogen (secondary N) is 2. The fourth-order valence-corrected chi connectivity index (χ4v) is 0.977. The van der Waals surface area contributed by atoms with Crippen molar-refractivity contribution in [2.24, 2.45) is 0 Å². The van der Waals surface area contributed by atoms with E-state index in [0.717, 1.165) is 0 Å². The van der Waals surface area contributed by atoms with Crippen molar-refractivity contribution in [2.45, 2.75) is 13.1 Å². The molecule has 84 valence electrons. The van der Waals surface area contributed by atoms with Crippen LogP contribution in [0, 0.1) is 6.92 Å². The topological polar surface area (TPSA) is 49.8 Å². The van der Waals surface area contributed by atoms with Gasteiger partial charge in [-0.15, -0.1) is 0 Å². The van der Waals surface area contributed by atoms with Gasteiger partial charge in [-0.25, -0.2) is 9.97 Å². The molecular formula is C8H11F3N4. The molecule has 0 aromatic carbocycles. The predicted octanol–water partition coefficient (Wildman–Crippen LogP) is 1.80. The second-order valence-corrected chi connectivity index (χ2v) is 2.90. The Hall–Kier alpha value is -1.53. The molecule has 1 rings (SSSR count). The van der Waals surface area contributed by atoms with Crippen molar-refractivity contribution in [3.63, 3.8) is 0 Å². The SMILES string of the molecule is CNc1cc(NCC(F)(F)F)nc(C)n1. The molecular weight excluding hydrogens is 209 g/mol. The quantitative estimate of drug-likeness (QED) is 0.815. The number of hydrogen-bond donors (Lipinski definition) is 2. The third kappa shape index (κ3) is 4.01. The van der Waals surface area contributed by atoms with E-state index in [2.05, 4.69) is 20.6 Å². The Morgan fingerprint density at radius 3 is 2.40 bits per heavy atom. The number of hydrogen-bond acceptors (Lipinski definition) is 4. The van der Waals surface area contributed by atoms with E-state index in [1.165, 1.54) is 6.07 Å². The molecule has 0 saturated carbocycles. The molecule has 0 aliphatic rings. The summed E-state index contributed by atoms with van der Waals surface area (Å²) in [5.74, 6) is 1.04. The minimum absolute atomic E-state index is 0.157. The molecule has 15 heavy (non-hydrogen) atoms. The van der Waals surface area contributed by atoms with E-state index in [4.69, 9.17) is 0 Å². The molecule has 4 nitrogen and oxygen atoms in total. The number of aromatic nitrogens is 2. The number of aryl methyl sites for hydroxylation is 1. The summed E-state index contributed by atoms with van der Waals surface area (Å²) in [6.07, 6.45) is -4.25. The molecule has 0 unspecified atom stereocenters. The molecule has 0 spiro atoms. The Kier molecular flexibility index (Phi) is 3.33. The zero-order valence-corrected chi connectivity index (χ0v) is 8.31. The standard InChI is InChI=1S/C8H11F3N4/c1-5-14-6(12-2)3-7(15-5)13-4-8(9,10)11/h3H,4H2,1-2H3,(H2,12,13,14,15). The van der Waals surface area contributed by atoms with Crippen molar-refractivity contribution < 1.29 is 13.2 Å². The first kappa shape index (κ1) is 11.5. The molecule has 0 aliphatic carbocycles. The Labute approximate surface area is 84.9 Å². The minimum atomic E-state index is -4.25. The summed E-state index contributed by atoms with van der Waals surface area (Å²) in [7, 11) is 1.63. The van der Waals surface area contributed by atoms with E-state index < -0.39 is 12.7 Å². The largest absolute Gasteiger partial charge is 0.405 e. The summed E-state index contributed by atoms with van der Waals surface area (Å²) in [6, 6.07) is 1.42. The minimum Gasteiger partial charge on any atom is -0.373 e. The fourth-order valence-electron chi connectivity index (χ4n) is 0.977. The van der Waals surface area contributed by atoms with Gasteiger partial charge in [0.2, 0.25) is 0 Å². The summed E-state index contributed by atoms with van der Waals surface area (Å²) in [5, 5.41) is 4.92. The molecule has 1 aromatic rings. The van der Waals surface area contributed by atoms with Crippen LogP contribution in [-0.2, 0) is 0 Å². The summed E-state index contributed by atoms with van der Waals surface area (Å²) >= 11 is 0. The van der Waals surface area contributed by atoms with Crippen LogP contribution in [-0.4, -0.2) is 29.7 Å². The highest BCUT2D eigenvalue weighted by Gasteiger charge is 2.26. The maximum absolute atomic E-state index is 11.9. The summed E-state index contributed by atoms with van der Waals surface area (Å²) in [6.45, 7) is 0.506. The highest BCUT2D eigenvalue weighted by Crippen LogP contribution is 2.16. The van der Waals surface area contributed by atoms with Crippen LogP contribution >= 0.6 is 0 Å². The lowest BCUT2D eigenvalue weighted by Crippen LogP contribution is -2.22. The summed E-state index contributed by atoms with van der Waals surface area (Å²) < 4.78 is 35.7. The molecule has 1 aromatic heterocycles. The molecule has 0 fully saturated rings. The average Bonchev–Trinajstić information content (AvgIpc) is 2.13. The number of alkyl halides is 3. The van der Waals surface area contributed by atoms with Crippen LogP contribution in [0.15, 0.2) is 6.07 Å². The van der Waals surface area contributed by atoms with E-state index in [1.807, 2.05) is 0 Å². The van der Waals surface area contributed by atoms with E-state index in [0.29, 0.717) is 11.6 Å². The summed E-state index contributed by atoms with van der Waals surface area (Å²) in [5.41, 5.74) is 0. The second kappa shape index (κ2) is 4.33. The highest BCUT2D eigenvalue weighted by atomic mass is 19.4. The molecule has 0 radical (unpaired) electrons. The lowest BCUT2D eigenvalue weighted by Gasteiger charge is -2.10. The molecule has 0 aliphatic heterocycles. The van der Waals surface area contributed by atoms with Crippen molar-refractivity contribution in [2.75, 3.05) is 24.2 Å². The van der Waals surface area contributed by atoms with Crippen LogP contribution < -0.4 is 10.6 Å². The number of halogens is 3. The van der Waals surface area contributed by atoms with Crippen molar-refractivity contribution >= 4 is 11.6 Å². The molecule has 0 saturated heterocycles. The van der Waals surface area contributed by atoms with E-state index in [9.17, 15) is 13.2 Å². The van der Waals surface area contributed by atoms with Crippen molar-refractivity contribution in [1.29, 1.82) is 0 Å². The Bertz CT molecular complexity index is 337. The third-order valence-corrected chi connectivity index (χ3v) is 1.56. The first-order chi connectivity index (χ1) is 6.90. The van der Waals surface area contributed by atoms with Gasteiger partial charge < -0.3 is 10.6 Å². The van der Waals surface area contributed by atoms with E-state index in [-0.39, 0.29) is 5.82 Å². The normalized spacial score (nSPS) is 11.3. The number of nitrogens with zero attached hydrogens (tertiary/aromatic N) is 2. The first-order valence-electron chi connectivity index (χ1n) is 4.25. The van der Waals surface area contributed by atoms with Crippen LogP contribution in [0.3, 0.4) is 0 Å². The van der Waals surface area contributed by atoms with Crippen LogP contribution in [0.2, 0.25) is 0 Å². The average molecular weight is 220 g/mol. The van der Waals surface area contributed by atoms with Crippen LogP contribution in [0.4, 0.5) is 24.8 Å². The van der Waals surface area contributed by atoms with Gasteiger partial charge in [0.15, 0.2) is 0 Å². The Balaban J connectivity index is 2.73. The van der Waals surface area contributed by atoms with Crippen LogP contribution in [0.25, 0.3) is 0 Å². The Morgan fingerprint density at radius 2 is 1.87 bits per heavy atom. The fraction of sp³-hybridized carbons (Fsp3) is 0.500. The van der Waals surface area contributed by atoms with Gasteiger partial charge in [0.25, 0.3) is 0 Å². The van der Waals surface area contributed by atoms with E-state index >= 15 is 0 Å². The van der Waals surface area contributed by atoms with Gasteiger partial charge in [-0.3, -0.25) is 0 Å². The van der Waals surface area contributed by atoms with Crippen molar-refractivity contribution in [3.05, 3.63) is 11.9 Å². The lowest BCUT2D eigenvalue weighted by molar-refractivity contribution is -0.115. The van der Waals surface area contributed by atoms with Crippen molar-refractivity contribution in [1.82, 2.24) is 9.97 Å². The van der Waals surface area contributed by atoms with Gasteiger partial charge in [-0.2, -0.15) is 13.2 Å². The van der Waals surface area contributed by atoms with Gasteiger partial charge in [0.1, 0.15) is 24.0 Å². The van der Waals surface area contributed by atoms with Gasteiger partial charge in [0.05, 0.1) is 0 Å². The Morgan fingerprint density at radius 1 is 1.27 bits per heavy atom. The second-order valence-electron chi connectivity index (χ2n) is 2.90. The predicted molar refractivity (Wildman–Crippen MR) is 50.9 cm³/mol. The highest BCUT2D eigenvalue weighted by molar-refractivity contribution is 5.47. The molecule has 0 atom stereocenters. The van der Waals surface area contributed by atoms with Gasteiger partial charge >= 0.3 is 6.18 Å². The van der Waals surface area contributed by atoms with Crippen molar-refractivity contribution in [3.8, 4) is 0 Å². The van der Waals surface area contributed by atoms with Crippen LogP contribution in [0.5, 0.6) is 0 Å². The third-order valence-electron chi connectivity index (χ3n) is 1.56. The zero-order chi connectivity index (χ0) is 11.5. The zero-order valence-electron chi connectivity index (χ0n) is 8.31. The van der Waals surface area contributed by atoms with Gasteiger partial charge in [-0.05, 0) is 6.92 Å². The van der Waals surface area contributed by atoms with Gasteiger partial charge in [-0.1, -0.05) is 0 Å².